The van der Waals surface area contributed by atoms with E-state index in [9.17, 15) is 0 Å². The minimum Gasteiger partial charge on any atom is -0.497 e. The Balaban J connectivity index is 1.70. The Morgan fingerprint density at radius 2 is 1.92 bits per heavy atom. The molecular formula is C18H16BrN3O2S. The van der Waals surface area contributed by atoms with E-state index in [0.29, 0.717) is 5.75 Å². The minimum atomic E-state index is 0.694. The van der Waals surface area contributed by atoms with E-state index in [-0.39, 0.29) is 0 Å². The Hall–Kier alpha value is -2.38. The van der Waals surface area contributed by atoms with Crippen LogP contribution >= 0.6 is 27.3 Å². The van der Waals surface area contributed by atoms with E-state index in [0.717, 1.165) is 32.2 Å². The molecule has 0 radical (unpaired) electrons. The van der Waals surface area contributed by atoms with Gasteiger partial charge in [0.05, 0.1) is 26.1 Å². The Morgan fingerprint density at radius 3 is 2.64 bits per heavy atom. The summed E-state index contributed by atoms with van der Waals surface area (Å²) in [5.74, 6) is 1.43. The van der Waals surface area contributed by atoms with Crippen molar-refractivity contribution in [1.29, 1.82) is 0 Å². The topological polar surface area (TPSA) is 55.7 Å². The van der Waals surface area contributed by atoms with E-state index >= 15 is 0 Å². The van der Waals surface area contributed by atoms with Crippen LogP contribution in [0.15, 0.2) is 57.4 Å². The maximum absolute atomic E-state index is 5.35. The molecule has 2 aromatic carbocycles. The van der Waals surface area contributed by atoms with Gasteiger partial charge in [-0.15, -0.1) is 11.3 Å². The number of anilines is 1. The lowest BCUT2D eigenvalue weighted by Gasteiger charge is -2.06. The van der Waals surface area contributed by atoms with Crippen LogP contribution in [-0.2, 0) is 0 Å². The third-order valence-electron chi connectivity index (χ3n) is 3.45. The first-order chi connectivity index (χ1) is 12.2. The van der Waals surface area contributed by atoms with Crippen LogP contribution in [0.3, 0.4) is 0 Å². The normalized spacial score (nSPS) is 10.8. The van der Waals surface area contributed by atoms with Crippen LogP contribution in [0.4, 0.5) is 5.13 Å². The predicted octanol–water partition coefficient (Wildman–Crippen LogP) is 5.04. The van der Waals surface area contributed by atoms with Crippen molar-refractivity contribution in [3.8, 4) is 22.8 Å². The maximum atomic E-state index is 5.35. The molecule has 0 fully saturated rings. The van der Waals surface area contributed by atoms with Crippen LogP contribution in [0, 0.1) is 0 Å². The number of rotatable bonds is 6. The number of methoxy groups -OCH3 is 2. The number of hydrogen-bond acceptors (Lipinski definition) is 6. The van der Waals surface area contributed by atoms with Crippen molar-refractivity contribution in [2.75, 3.05) is 19.6 Å². The monoisotopic (exact) mass is 417 g/mol. The first-order valence-electron chi connectivity index (χ1n) is 7.42. The largest absolute Gasteiger partial charge is 0.497 e. The van der Waals surface area contributed by atoms with Gasteiger partial charge in [-0.1, -0.05) is 28.1 Å². The van der Waals surface area contributed by atoms with E-state index in [1.54, 1.807) is 20.4 Å². The second-order valence-corrected chi connectivity index (χ2v) is 6.80. The van der Waals surface area contributed by atoms with E-state index in [1.807, 2.05) is 47.8 Å². The molecule has 0 aliphatic heterocycles. The molecule has 7 heteroatoms. The van der Waals surface area contributed by atoms with Gasteiger partial charge in [0.1, 0.15) is 11.5 Å². The van der Waals surface area contributed by atoms with Gasteiger partial charge in [0.2, 0.25) is 5.13 Å². The molecule has 0 amide bonds. The zero-order valence-corrected chi connectivity index (χ0v) is 16.1. The highest BCUT2D eigenvalue weighted by Crippen LogP contribution is 2.26. The van der Waals surface area contributed by atoms with Crippen molar-refractivity contribution >= 4 is 38.6 Å². The van der Waals surface area contributed by atoms with Gasteiger partial charge in [-0.2, -0.15) is 5.10 Å². The van der Waals surface area contributed by atoms with Gasteiger partial charge in [-0.05, 0) is 24.3 Å². The summed E-state index contributed by atoms with van der Waals surface area (Å²) >= 11 is 4.93. The highest BCUT2D eigenvalue weighted by atomic mass is 79.9. The van der Waals surface area contributed by atoms with Crippen LogP contribution in [0.2, 0.25) is 0 Å². The van der Waals surface area contributed by atoms with E-state index in [2.05, 4.69) is 31.4 Å². The lowest BCUT2D eigenvalue weighted by molar-refractivity contribution is 0.394. The molecule has 0 aliphatic rings. The summed E-state index contributed by atoms with van der Waals surface area (Å²) in [6.45, 7) is 0. The van der Waals surface area contributed by atoms with E-state index < -0.39 is 0 Å². The first kappa shape index (κ1) is 17.4. The smallest absolute Gasteiger partial charge is 0.203 e. The van der Waals surface area contributed by atoms with Gasteiger partial charge < -0.3 is 9.47 Å². The van der Waals surface area contributed by atoms with Gasteiger partial charge in [-0.3, -0.25) is 5.43 Å². The van der Waals surface area contributed by atoms with E-state index in [4.69, 9.17) is 9.47 Å². The zero-order valence-electron chi connectivity index (χ0n) is 13.7. The molecule has 1 N–H and O–H groups in total. The van der Waals surface area contributed by atoms with Gasteiger partial charge in [-0.25, -0.2) is 4.98 Å². The quantitative estimate of drug-likeness (QED) is 0.450. The summed E-state index contributed by atoms with van der Waals surface area (Å²) < 4.78 is 11.6. The molecule has 25 heavy (non-hydrogen) atoms. The van der Waals surface area contributed by atoms with Crippen molar-refractivity contribution < 1.29 is 9.47 Å². The van der Waals surface area contributed by atoms with Crippen molar-refractivity contribution in [2.45, 2.75) is 0 Å². The number of thiazole rings is 1. The lowest BCUT2D eigenvalue weighted by Crippen LogP contribution is -1.95. The molecule has 3 aromatic rings. The second-order valence-electron chi connectivity index (χ2n) is 5.02. The first-order valence-corrected chi connectivity index (χ1v) is 9.09. The van der Waals surface area contributed by atoms with Gasteiger partial charge in [0, 0.05) is 27.0 Å². The predicted molar refractivity (Wildman–Crippen MR) is 106 cm³/mol. The highest BCUT2D eigenvalue weighted by molar-refractivity contribution is 9.10. The number of aromatic nitrogens is 1. The summed E-state index contributed by atoms with van der Waals surface area (Å²) in [5.41, 5.74) is 5.78. The van der Waals surface area contributed by atoms with Crippen LogP contribution in [-0.4, -0.2) is 25.4 Å². The second kappa shape index (κ2) is 8.13. The standard InChI is InChI=1S/C18H16BrN3O2S/c1-23-15-8-5-13(17(9-15)24-2)10-20-22-18-21-16(11-25-18)12-3-6-14(19)7-4-12/h3-11H,1-2H3,(H,21,22)/b20-10+. The minimum absolute atomic E-state index is 0.694. The van der Waals surface area contributed by atoms with Gasteiger partial charge >= 0.3 is 0 Å². The molecule has 0 atom stereocenters. The molecule has 5 nitrogen and oxygen atoms in total. The van der Waals surface area contributed by atoms with Crippen molar-refractivity contribution in [2.24, 2.45) is 5.10 Å². The summed E-state index contributed by atoms with van der Waals surface area (Å²) in [7, 11) is 3.24. The van der Waals surface area contributed by atoms with Crippen LogP contribution in [0.5, 0.6) is 11.5 Å². The Bertz CT molecular complexity index is 878. The Morgan fingerprint density at radius 1 is 1.12 bits per heavy atom. The SMILES string of the molecule is COc1ccc(/C=N/Nc2nc(-c3ccc(Br)cc3)cs2)c(OC)c1. The molecule has 0 saturated heterocycles. The van der Waals surface area contributed by atoms with Crippen molar-refractivity contribution in [3.05, 3.63) is 57.9 Å². The van der Waals surface area contributed by atoms with Crippen LogP contribution in [0.1, 0.15) is 5.56 Å². The number of halogens is 1. The zero-order chi connectivity index (χ0) is 17.6. The van der Waals surface area contributed by atoms with E-state index in [1.165, 1.54) is 11.3 Å². The van der Waals surface area contributed by atoms with Crippen LogP contribution < -0.4 is 14.9 Å². The lowest BCUT2D eigenvalue weighted by atomic mass is 10.2. The summed E-state index contributed by atoms with van der Waals surface area (Å²) in [5, 5.41) is 6.96. The van der Waals surface area contributed by atoms with Gasteiger partial charge in [0.15, 0.2) is 0 Å². The number of benzene rings is 2. The fourth-order valence-electron chi connectivity index (χ4n) is 2.16. The molecule has 0 bridgehead atoms. The third kappa shape index (κ3) is 4.37. The number of hydrazone groups is 1. The summed E-state index contributed by atoms with van der Waals surface area (Å²) in [6, 6.07) is 13.6. The molecular weight excluding hydrogens is 402 g/mol. The summed E-state index contributed by atoms with van der Waals surface area (Å²) in [4.78, 5) is 4.54. The molecule has 0 saturated carbocycles. The maximum Gasteiger partial charge on any atom is 0.203 e. The average Bonchev–Trinajstić information content (AvgIpc) is 3.11. The number of hydrogen-bond donors (Lipinski definition) is 1. The molecule has 128 valence electrons. The molecule has 1 heterocycles. The van der Waals surface area contributed by atoms with Crippen molar-refractivity contribution in [3.63, 3.8) is 0 Å². The molecule has 1 aromatic heterocycles. The number of nitrogens with one attached hydrogen (secondary N) is 1. The van der Waals surface area contributed by atoms with Crippen LogP contribution in [0.25, 0.3) is 11.3 Å². The third-order valence-corrected chi connectivity index (χ3v) is 4.72. The summed E-state index contributed by atoms with van der Waals surface area (Å²) in [6.07, 6.45) is 1.69. The Kier molecular flexibility index (Phi) is 5.67. The Labute approximate surface area is 158 Å². The fraction of sp³-hybridized carbons (Fsp3) is 0.111. The molecule has 0 unspecified atom stereocenters. The average molecular weight is 418 g/mol. The molecule has 0 aliphatic carbocycles. The van der Waals surface area contributed by atoms with Crippen molar-refractivity contribution in [1.82, 2.24) is 4.98 Å². The number of ether oxygens (including phenoxy) is 2. The van der Waals surface area contributed by atoms with Gasteiger partial charge in [0.25, 0.3) is 0 Å². The highest BCUT2D eigenvalue weighted by Gasteiger charge is 2.05. The fourth-order valence-corrected chi connectivity index (χ4v) is 3.09. The molecule has 0 spiro atoms. The number of nitrogens with zero attached hydrogens (tertiary/aromatic N) is 2. The molecule has 3 rings (SSSR count).